The quantitative estimate of drug-likeness (QED) is 0.389. The highest BCUT2D eigenvalue weighted by Crippen LogP contribution is 2.20. The van der Waals surface area contributed by atoms with Crippen LogP contribution < -0.4 is 15.4 Å². The first-order valence-corrected chi connectivity index (χ1v) is 10.2. The topological polar surface area (TPSA) is 98.1 Å². The van der Waals surface area contributed by atoms with Gasteiger partial charge in [0.05, 0.1) is 5.75 Å². The molecule has 0 aliphatic rings. The lowest BCUT2D eigenvalue weighted by molar-refractivity contribution is -0.117. The van der Waals surface area contributed by atoms with Gasteiger partial charge in [0.2, 0.25) is 5.91 Å². The van der Waals surface area contributed by atoms with Crippen LogP contribution in [0.25, 0.3) is 0 Å². The van der Waals surface area contributed by atoms with E-state index in [0.717, 1.165) is 11.8 Å². The third-order valence-corrected chi connectivity index (χ3v) is 4.88. The molecule has 0 atom stereocenters. The lowest BCUT2D eigenvalue weighted by Gasteiger charge is -2.10. The molecule has 3 rings (SSSR count). The van der Waals surface area contributed by atoms with Crippen molar-refractivity contribution in [1.29, 1.82) is 0 Å². The van der Waals surface area contributed by atoms with Crippen LogP contribution in [0, 0.1) is 5.82 Å². The second kappa shape index (κ2) is 10.9. The van der Waals surface area contributed by atoms with Crippen molar-refractivity contribution < 1.29 is 18.7 Å². The standard InChI is InChI=1S/C21H20FN5O3S/c1-2-12-27-18(13-30-17-11-7-6-10-16(17)22)25-26-21(27)31-14-19(28)24-20(29)23-15-8-4-3-5-9-15/h2-11H,1,12-14H2,(H2,23,24,28,29). The van der Waals surface area contributed by atoms with Crippen molar-refractivity contribution in [3.63, 3.8) is 0 Å². The summed E-state index contributed by atoms with van der Waals surface area (Å²) in [6.45, 7) is 4.08. The Hall–Kier alpha value is -3.66. The number of imide groups is 1. The molecule has 0 saturated carbocycles. The highest BCUT2D eigenvalue weighted by atomic mass is 32.2. The van der Waals surface area contributed by atoms with Gasteiger partial charge in [-0.25, -0.2) is 9.18 Å². The van der Waals surface area contributed by atoms with E-state index in [4.69, 9.17) is 4.74 Å². The molecule has 3 aromatic rings. The van der Waals surface area contributed by atoms with Gasteiger partial charge in [0.25, 0.3) is 0 Å². The molecule has 0 radical (unpaired) electrons. The number of ether oxygens (including phenoxy) is 1. The molecule has 0 saturated heterocycles. The Kier molecular flexibility index (Phi) is 7.77. The molecule has 2 N–H and O–H groups in total. The average molecular weight is 441 g/mol. The molecule has 31 heavy (non-hydrogen) atoms. The van der Waals surface area contributed by atoms with Crippen LogP contribution in [0.5, 0.6) is 5.75 Å². The Morgan fingerprint density at radius 1 is 1.13 bits per heavy atom. The Labute approximate surface area is 182 Å². The van der Waals surface area contributed by atoms with Gasteiger partial charge in [-0.1, -0.05) is 48.2 Å². The molecule has 160 valence electrons. The number of hydrogen-bond acceptors (Lipinski definition) is 6. The van der Waals surface area contributed by atoms with E-state index in [-0.39, 0.29) is 18.1 Å². The predicted molar refractivity (Wildman–Crippen MR) is 115 cm³/mol. The molecule has 0 aliphatic heterocycles. The van der Waals surface area contributed by atoms with Crippen LogP contribution in [-0.4, -0.2) is 32.5 Å². The van der Waals surface area contributed by atoms with E-state index in [1.165, 1.54) is 12.1 Å². The number of urea groups is 1. The van der Waals surface area contributed by atoms with E-state index in [1.807, 2.05) is 6.07 Å². The van der Waals surface area contributed by atoms with Gasteiger partial charge in [0.15, 0.2) is 22.5 Å². The molecule has 10 heteroatoms. The van der Waals surface area contributed by atoms with E-state index < -0.39 is 17.8 Å². The van der Waals surface area contributed by atoms with Crippen molar-refractivity contribution in [2.45, 2.75) is 18.3 Å². The van der Waals surface area contributed by atoms with E-state index in [9.17, 15) is 14.0 Å². The molecule has 0 aliphatic carbocycles. The molecule has 3 amide bonds. The SMILES string of the molecule is C=CCn1c(COc2ccccc2F)nnc1SCC(=O)NC(=O)Nc1ccccc1. The fourth-order valence-corrected chi connectivity index (χ4v) is 3.29. The molecule has 0 fully saturated rings. The zero-order chi connectivity index (χ0) is 22.1. The normalized spacial score (nSPS) is 10.4. The summed E-state index contributed by atoms with van der Waals surface area (Å²) in [6, 6.07) is 14.2. The maximum atomic E-state index is 13.7. The minimum atomic E-state index is -0.622. The van der Waals surface area contributed by atoms with Crippen molar-refractivity contribution in [3.05, 3.63) is 78.9 Å². The number of aromatic nitrogens is 3. The van der Waals surface area contributed by atoms with Gasteiger partial charge in [0.1, 0.15) is 6.61 Å². The second-order valence-corrected chi connectivity index (χ2v) is 7.12. The summed E-state index contributed by atoms with van der Waals surface area (Å²) in [4.78, 5) is 24.0. The van der Waals surface area contributed by atoms with Gasteiger partial charge in [-0.05, 0) is 24.3 Å². The maximum absolute atomic E-state index is 13.7. The van der Waals surface area contributed by atoms with Crippen LogP contribution in [0.15, 0.2) is 72.4 Å². The summed E-state index contributed by atoms with van der Waals surface area (Å²) < 4.78 is 20.9. The predicted octanol–water partition coefficient (Wildman–Crippen LogP) is 3.62. The van der Waals surface area contributed by atoms with Crippen LogP contribution >= 0.6 is 11.8 Å². The number of nitrogens with zero attached hydrogens (tertiary/aromatic N) is 3. The number of carbonyl (C=O) groups is 2. The first-order chi connectivity index (χ1) is 15.1. The molecule has 0 bridgehead atoms. The number of anilines is 1. The van der Waals surface area contributed by atoms with Gasteiger partial charge >= 0.3 is 6.03 Å². The monoisotopic (exact) mass is 441 g/mol. The molecule has 2 aromatic carbocycles. The molecule has 0 spiro atoms. The zero-order valence-electron chi connectivity index (χ0n) is 16.5. The number of halogens is 1. The minimum Gasteiger partial charge on any atom is -0.483 e. The van der Waals surface area contributed by atoms with Crippen LogP contribution in [0.4, 0.5) is 14.9 Å². The number of nitrogens with one attached hydrogen (secondary N) is 2. The number of para-hydroxylation sites is 2. The molecule has 1 heterocycles. The number of thioether (sulfide) groups is 1. The van der Waals surface area contributed by atoms with E-state index >= 15 is 0 Å². The largest absolute Gasteiger partial charge is 0.483 e. The van der Waals surface area contributed by atoms with Crippen molar-refractivity contribution >= 4 is 29.4 Å². The summed E-state index contributed by atoms with van der Waals surface area (Å²) in [7, 11) is 0. The van der Waals surface area contributed by atoms with Gasteiger partial charge in [0, 0.05) is 12.2 Å². The summed E-state index contributed by atoms with van der Waals surface area (Å²) >= 11 is 1.11. The Morgan fingerprint density at radius 3 is 2.61 bits per heavy atom. The maximum Gasteiger partial charge on any atom is 0.325 e. The number of rotatable bonds is 9. The van der Waals surface area contributed by atoms with Crippen molar-refractivity contribution in [2.24, 2.45) is 0 Å². The summed E-state index contributed by atoms with van der Waals surface area (Å²) in [5.74, 6) is -0.458. The van der Waals surface area contributed by atoms with Crippen LogP contribution in [-0.2, 0) is 17.9 Å². The Morgan fingerprint density at radius 2 is 1.87 bits per heavy atom. The second-order valence-electron chi connectivity index (χ2n) is 6.17. The minimum absolute atomic E-state index is 0.00594. The fraction of sp³-hybridized carbons (Fsp3) is 0.143. The molecule has 1 aromatic heterocycles. The average Bonchev–Trinajstić information content (AvgIpc) is 3.14. The number of hydrogen-bond donors (Lipinski definition) is 2. The summed E-state index contributed by atoms with van der Waals surface area (Å²) in [6.07, 6.45) is 1.65. The lowest BCUT2D eigenvalue weighted by Crippen LogP contribution is -2.35. The van der Waals surface area contributed by atoms with Gasteiger partial charge in [-0.3, -0.25) is 14.7 Å². The highest BCUT2D eigenvalue weighted by Gasteiger charge is 2.16. The first-order valence-electron chi connectivity index (χ1n) is 9.26. The first kappa shape index (κ1) is 22.0. The molecule has 0 unspecified atom stereocenters. The lowest BCUT2D eigenvalue weighted by atomic mass is 10.3. The van der Waals surface area contributed by atoms with Crippen molar-refractivity contribution in [1.82, 2.24) is 20.1 Å². The summed E-state index contributed by atoms with van der Waals surface area (Å²) in [5.41, 5.74) is 0.575. The summed E-state index contributed by atoms with van der Waals surface area (Å²) in [5, 5.41) is 13.4. The van der Waals surface area contributed by atoms with E-state index in [2.05, 4.69) is 27.4 Å². The third kappa shape index (κ3) is 6.41. The molecule has 8 nitrogen and oxygen atoms in total. The van der Waals surface area contributed by atoms with Gasteiger partial charge < -0.3 is 10.1 Å². The van der Waals surface area contributed by atoms with E-state index in [1.54, 1.807) is 47.0 Å². The van der Waals surface area contributed by atoms with Crippen molar-refractivity contribution in [2.75, 3.05) is 11.1 Å². The number of allylic oxidation sites excluding steroid dienone is 1. The molecular formula is C21H20FN5O3S. The van der Waals surface area contributed by atoms with Crippen LogP contribution in [0.2, 0.25) is 0 Å². The smallest absolute Gasteiger partial charge is 0.325 e. The highest BCUT2D eigenvalue weighted by molar-refractivity contribution is 7.99. The molecular weight excluding hydrogens is 421 g/mol. The van der Waals surface area contributed by atoms with Crippen molar-refractivity contribution in [3.8, 4) is 5.75 Å². The number of amides is 3. The third-order valence-electron chi connectivity index (χ3n) is 3.92. The van der Waals surface area contributed by atoms with Gasteiger partial charge in [-0.2, -0.15) is 0 Å². The Bertz CT molecular complexity index is 1060. The van der Waals surface area contributed by atoms with Crippen LogP contribution in [0.1, 0.15) is 5.82 Å². The number of carbonyl (C=O) groups excluding carboxylic acids is 2. The van der Waals surface area contributed by atoms with Crippen LogP contribution in [0.3, 0.4) is 0 Å². The van der Waals surface area contributed by atoms with Gasteiger partial charge in [-0.15, -0.1) is 16.8 Å². The number of benzene rings is 2. The zero-order valence-corrected chi connectivity index (χ0v) is 17.3. The Balaban J connectivity index is 1.55. The fourth-order valence-electron chi connectivity index (χ4n) is 2.53. The van der Waals surface area contributed by atoms with E-state index in [0.29, 0.717) is 23.2 Å².